The molecule has 0 fully saturated rings. The van der Waals surface area contributed by atoms with Gasteiger partial charge in [-0.3, -0.25) is 4.79 Å². The van der Waals surface area contributed by atoms with Gasteiger partial charge in [-0.05, 0) is 32.9 Å². The van der Waals surface area contributed by atoms with Crippen LogP contribution >= 0.6 is 11.3 Å². The Bertz CT molecular complexity index is 796. The van der Waals surface area contributed by atoms with Crippen molar-refractivity contribution in [1.29, 1.82) is 0 Å². The normalized spacial score (nSPS) is 14.9. The van der Waals surface area contributed by atoms with Gasteiger partial charge in [0.2, 0.25) is 5.91 Å². The number of methoxy groups -OCH3 is 1. The second-order valence-electron chi connectivity index (χ2n) is 6.53. The number of hydrogen-bond acceptors (Lipinski definition) is 5. The number of nitrogens with zero attached hydrogens (tertiary/aromatic N) is 1. The molecule has 1 amide bonds. The molecule has 1 aromatic heterocycles. The molecule has 24 heavy (non-hydrogen) atoms. The maximum Gasteiger partial charge on any atom is 0.225 e. The quantitative estimate of drug-likeness (QED) is 0.902. The Balaban J connectivity index is 2.01. The predicted molar refractivity (Wildman–Crippen MR) is 96.2 cm³/mol. The number of anilines is 1. The summed E-state index contributed by atoms with van der Waals surface area (Å²) in [6.07, 6.45) is 1.27. The third kappa shape index (κ3) is 3.11. The van der Waals surface area contributed by atoms with Crippen LogP contribution < -0.4 is 14.8 Å². The maximum absolute atomic E-state index is 11.6. The number of carbonyl (C=O) groups is 1. The van der Waals surface area contributed by atoms with Crippen LogP contribution in [0.15, 0.2) is 12.1 Å². The molecule has 0 aliphatic carbocycles. The van der Waals surface area contributed by atoms with Crippen molar-refractivity contribution in [2.24, 2.45) is 0 Å². The first-order valence-corrected chi connectivity index (χ1v) is 8.82. The first-order valence-electron chi connectivity index (χ1n) is 8.00. The largest absolute Gasteiger partial charge is 0.493 e. The summed E-state index contributed by atoms with van der Waals surface area (Å²) in [5.41, 5.74) is 2.75. The SMILES string of the molecule is CCC(=O)Nc1nc(-c2cc3c(c(OC)c2)OC(C)(C)C3)c(C)s1. The maximum atomic E-state index is 11.6. The summed E-state index contributed by atoms with van der Waals surface area (Å²) >= 11 is 1.48. The molecule has 0 radical (unpaired) electrons. The standard InChI is InChI=1S/C18H22N2O3S/c1-6-14(21)19-17-20-15(10(2)24-17)11-7-12-9-18(3,4)23-16(12)13(8-11)22-5/h7-8H,6,9H2,1-5H3,(H,19,20,21). The minimum absolute atomic E-state index is 0.0306. The summed E-state index contributed by atoms with van der Waals surface area (Å²) in [6, 6.07) is 4.06. The van der Waals surface area contributed by atoms with Crippen LogP contribution in [-0.4, -0.2) is 23.6 Å². The van der Waals surface area contributed by atoms with Crippen molar-refractivity contribution in [3.05, 3.63) is 22.6 Å². The lowest BCUT2D eigenvalue weighted by atomic mass is 9.99. The van der Waals surface area contributed by atoms with Crippen molar-refractivity contribution >= 4 is 22.4 Å². The molecule has 1 aliphatic heterocycles. The van der Waals surface area contributed by atoms with Crippen molar-refractivity contribution in [1.82, 2.24) is 4.98 Å². The lowest BCUT2D eigenvalue weighted by Gasteiger charge is -2.17. The molecule has 0 unspecified atom stereocenters. The van der Waals surface area contributed by atoms with Crippen molar-refractivity contribution in [2.75, 3.05) is 12.4 Å². The second kappa shape index (κ2) is 6.09. The smallest absolute Gasteiger partial charge is 0.225 e. The van der Waals surface area contributed by atoms with Gasteiger partial charge < -0.3 is 14.8 Å². The third-order valence-corrected chi connectivity index (χ3v) is 4.87. The van der Waals surface area contributed by atoms with E-state index in [0.717, 1.165) is 39.6 Å². The van der Waals surface area contributed by atoms with Crippen LogP contribution in [0, 0.1) is 6.92 Å². The fourth-order valence-electron chi connectivity index (χ4n) is 2.89. The van der Waals surface area contributed by atoms with Crippen LogP contribution in [0.4, 0.5) is 5.13 Å². The van der Waals surface area contributed by atoms with Crippen LogP contribution in [0.3, 0.4) is 0 Å². The molecule has 0 bridgehead atoms. The molecule has 1 aliphatic rings. The van der Waals surface area contributed by atoms with Crippen LogP contribution in [0.5, 0.6) is 11.5 Å². The van der Waals surface area contributed by atoms with E-state index >= 15 is 0 Å². The summed E-state index contributed by atoms with van der Waals surface area (Å²) in [6.45, 7) is 7.97. The van der Waals surface area contributed by atoms with E-state index < -0.39 is 0 Å². The number of rotatable bonds is 4. The van der Waals surface area contributed by atoms with Gasteiger partial charge in [-0.2, -0.15) is 0 Å². The van der Waals surface area contributed by atoms with E-state index in [9.17, 15) is 4.79 Å². The van der Waals surface area contributed by atoms with E-state index in [1.54, 1.807) is 7.11 Å². The van der Waals surface area contributed by atoms with Crippen LogP contribution in [0.1, 0.15) is 37.6 Å². The fraction of sp³-hybridized carbons (Fsp3) is 0.444. The third-order valence-electron chi connectivity index (χ3n) is 3.98. The van der Waals surface area contributed by atoms with Gasteiger partial charge in [0.25, 0.3) is 0 Å². The Kier molecular flexibility index (Phi) is 4.25. The second-order valence-corrected chi connectivity index (χ2v) is 7.73. The first kappa shape index (κ1) is 16.8. The number of aromatic nitrogens is 1. The average molecular weight is 346 g/mol. The topological polar surface area (TPSA) is 60.5 Å². The minimum Gasteiger partial charge on any atom is -0.493 e. The number of benzene rings is 1. The number of hydrogen-bond donors (Lipinski definition) is 1. The highest BCUT2D eigenvalue weighted by Gasteiger charge is 2.33. The van der Waals surface area contributed by atoms with Crippen LogP contribution in [0.2, 0.25) is 0 Å². The molecule has 2 heterocycles. The first-order chi connectivity index (χ1) is 11.3. The van der Waals surface area contributed by atoms with Gasteiger partial charge in [-0.25, -0.2) is 4.98 Å². The number of fused-ring (bicyclic) bond motifs is 1. The molecule has 3 rings (SSSR count). The van der Waals surface area contributed by atoms with Gasteiger partial charge in [0.1, 0.15) is 5.60 Å². The zero-order valence-corrected chi connectivity index (χ0v) is 15.5. The molecule has 0 spiro atoms. The lowest BCUT2D eigenvalue weighted by molar-refractivity contribution is -0.115. The van der Waals surface area contributed by atoms with E-state index in [0.29, 0.717) is 11.6 Å². The monoisotopic (exact) mass is 346 g/mol. The van der Waals surface area contributed by atoms with Crippen molar-refractivity contribution in [3.8, 4) is 22.8 Å². The van der Waals surface area contributed by atoms with E-state index in [1.807, 2.05) is 19.9 Å². The molecule has 1 N–H and O–H groups in total. The minimum atomic E-state index is -0.231. The van der Waals surface area contributed by atoms with E-state index in [-0.39, 0.29) is 11.5 Å². The molecular formula is C18H22N2O3S. The molecule has 5 nitrogen and oxygen atoms in total. The number of amides is 1. The Morgan fingerprint density at radius 2 is 2.21 bits per heavy atom. The number of thiazole rings is 1. The van der Waals surface area contributed by atoms with Crippen molar-refractivity contribution in [3.63, 3.8) is 0 Å². The zero-order chi connectivity index (χ0) is 17.5. The molecule has 0 saturated heterocycles. The van der Waals surface area contributed by atoms with E-state index in [2.05, 4.69) is 30.2 Å². The predicted octanol–water partition coefficient (Wildman–Crippen LogP) is 4.19. The molecule has 2 aromatic rings. The van der Waals surface area contributed by atoms with Gasteiger partial charge in [-0.15, -0.1) is 11.3 Å². The molecule has 0 atom stereocenters. The van der Waals surface area contributed by atoms with E-state index in [4.69, 9.17) is 9.47 Å². The molecular weight excluding hydrogens is 324 g/mol. The van der Waals surface area contributed by atoms with Crippen LogP contribution in [0.25, 0.3) is 11.3 Å². The fourth-order valence-corrected chi connectivity index (χ4v) is 3.74. The lowest BCUT2D eigenvalue weighted by Crippen LogP contribution is -2.24. The summed E-state index contributed by atoms with van der Waals surface area (Å²) in [7, 11) is 1.65. The molecule has 0 saturated carbocycles. The molecule has 6 heteroatoms. The van der Waals surface area contributed by atoms with Gasteiger partial charge >= 0.3 is 0 Å². The van der Waals surface area contributed by atoms with Gasteiger partial charge in [-0.1, -0.05) is 6.92 Å². The Morgan fingerprint density at radius 3 is 2.88 bits per heavy atom. The van der Waals surface area contributed by atoms with Crippen molar-refractivity contribution < 1.29 is 14.3 Å². The van der Waals surface area contributed by atoms with Crippen molar-refractivity contribution in [2.45, 2.75) is 46.1 Å². The zero-order valence-electron chi connectivity index (χ0n) is 14.6. The molecule has 1 aromatic carbocycles. The Morgan fingerprint density at radius 1 is 1.46 bits per heavy atom. The number of carbonyl (C=O) groups excluding carboxylic acids is 1. The van der Waals surface area contributed by atoms with E-state index in [1.165, 1.54) is 11.3 Å². The highest BCUT2D eigenvalue weighted by atomic mass is 32.1. The highest BCUT2D eigenvalue weighted by Crippen LogP contribution is 2.45. The Hall–Kier alpha value is -2.08. The van der Waals surface area contributed by atoms with Gasteiger partial charge in [0, 0.05) is 28.8 Å². The summed E-state index contributed by atoms with van der Waals surface area (Å²) in [5, 5.41) is 3.46. The molecule has 128 valence electrons. The average Bonchev–Trinajstić information content (AvgIpc) is 3.03. The van der Waals surface area contributed by atoms with Gasteiger partial charge in [0.05, 0.1) is 12.8 Å². The highest BCUT2D eigenvalue weighted by molar-refractivity contribution is 7.16. The summed E-state index contributed by atoms with van der Waals surface area (Å²) in [4.78, 5) is 17.2. The van der Waals surface area contributed by atoms with Gasteiger partial charge in [0.15, 0.2) is 16.6 Å². The number of nitrogens with one attached hydrogen (secondary N) is 1. The van der Waals surface area contributed by atoms with Crippen LogP contribution in [-0.2, 0) is 11.2 Å². The summed E-state index contributed by atoms with van der Waals surface area (Å²) in [5.74, 6) is 1.51. The Labute approximate surface area is 146 Å². The summed E-state index contributed by atoms with van der Waals surface area (Å²) < 4.78 is 11.5. The number of aryl methyl sites for hydroxylation is 1. The number of ether oxygens (including phenoxy) is 2.